The number of hydrogen-bond donors (Lipinski definition) is 1. The van der Waals surface area contributed by atoms with Gasteiger partial charge in [0.15, 0.2) is 0 Å². The molecule has 0 aliphatic rings. The Balaban J connectivity index is 2.47. The molecule has 4 heteroatoms. The molecule has 0 radical (unpaired) electrons. The van der Waals surface area contributed by atoms with Gasteiger partial charge in [-0.3, -0.25) is 0 Å². The topological polar surface area (TPSA) is 37.8 Å². The highest BCUT2D eigenvalue weighted by atomic mass is 35.5. The smallest absolute Gasteiger partial charge is 0.224 e. The average molecular weight is 242 g/mol. The first-order chi connectivity index (χ1) is 7.65. The van der Waals surface area contributed by atoms with E-state index in [1.165, 1.54) is 25.7 Å². The van der Waals surface area contributed by atoms with E-state index in [2.05, 4.69) is 22.2 Å². The van der Waals surface area contributed by atoms with Gasteiger partial charge < -0.3 is 5.32 Å². The van der Waals surface area contributed by atoms with Crippen molar-refractivity contribution in [2.24, 2.45) is 0 Å². The summed E-state index contributed by atoms with van der Waals surface area (Å²) >= 11 is 5.82. The zero-order valence-electron chi connectivity index (χ0n) is 10.3. The van der Waals surface area contributed by atoms with Crippen LogP contribution in [0, 0.1) is 13.8 Å². The molecule has 0 spiro atoms. The lowest BCUT2D eigenvalue weighted by molar-refractivity contribution is 0.684. The molecule has 0 bridgehead atoms. The van der Waals surface area contributed by atoms with E-state index in [-0.39, 0.29) is 0 Å². The number of hydrogen-bond acceptors (Lipinski definition) is 3. The van der Waals surface area contributed by atoms with Crippen molar-refractivity contribution in [1.82, 2.24) is 9.97 Å². The van der Waals surface area contributed by atoms with Gasteiger partial charge in [-0.2, -0.15) is 0 Å². The van der Waals surface area contributed by atoms with Gasteiger partial charge in [-0.05, 0) is 31.9 Å². The van der Waals surface area contributed by atoms with E-state index in [4.69, 9.17) is 11.6 Å². The molecule has 3 nitrogen and oxygen atoms in total. The number of anilines is 1. The lowest BCUT2D eigenvalue weighted by atomic mass is 10.2. The van der Waals surface area contributed by atoms with Gasteiger partial charge in [0.05, 0.1) is 0 Å². The van der Waals surface area contributed by atoms with Gasteiger partial charge in [0, 0.05) is 17.8 Å². The van der Waals surface area contributed by atoms with Crippen molar-refractivity contribution in [3.8, 4) is 0 Å². The quantitative estimate of drug-likeness (QED) is 0.609. The second-order valence-electron chi connectivity index (χ2n) is 4.04. The maximum Gasteiger partial charge on any atom is 0.224 e. The standard InChI is InChI=1S/C12H20ClN3/c1-4-5-6-7-8-14-11-9(2)10(3)15-12(13)16-11/h4-8H2,1-3H3,(H,14,15,16). The lowest BCUT2D eigenvalue weighted by Crippen LogP contribution is -2.07. The summed E-state index contributed by atoms with van der Waals surface area (Å²) < 4.78 is 0. The van der Waals surface area contributed by atoms with Crippen LogP contribution in [0.3, 0.4) is 0 Å². The van der Waals surface area contributed by atoms with E-state index < -0.39 is 0 Å². The van der Waals surface area contributed by atoms with Gasteiger partial charge in [-0.1, -0.05) is 26.2 Å². The van der Waals surface area contributed by atoms with Gasteiger partial charge in [-0.25, -0.2) is 9.97 Å². The molecule has 90 valence electrons. The fraction of sp³-hybridized carbons (Fsp3) is 0.667. The summed E-state index contributed by atoms with van der Waals surface area (Å²) in [5.41, 5.74) is 2.02. The number of aryl methyl sites for hydroxylation is 1. The Hall–Kier alpha value is -0.830. The highest BCUT2D eigenvalue weighted by molar-refractivity contribution is 6.28. The third-order valence-corrected chi connectivity index (χ3v) is 2.85. The van der Waals surface area contributed by atoms with Crippen LogP contribution in [-0.2, 0) is 0 Å². The lowest BCUT2D eigenvalue weighted by Gasteiger charge is -2.10. The zero-order chi connectivity index (χ0) is 12.0. The monoisotopic (exact) mass is 241 g/mol. The molecule has 0 saturated carbocycles. The van der Waals surface area contributed by atoms with E-state index in [0.717, 1.165) is 23.6 Å². The molecular formula is C12H20ClN3. The molecule has 0 aromatic carbocycles. The Morgan fingerprint density at radius 2 is 1.88 bits per heavy atom. The minimum Gasteiger partial charge on any atom is -0.370 e. The first-order valence-corrected chi connectivity index (χ1v) is 6.27. The normalized spacial score (nSPS) is 10.5. The van der Waals surface area contributed by atoms with E-state index in [1.807, 2.05) is 13.8 Å². The van der Waals surface area contributed by atoms with Gasteiger partial charge in [-0.15, -0.1) is 0 Å². The molecule has 16 heavy (non-hydrogen) atoms. The van der Waals surface area contributed by atoms with Crippen LogP contribution in [0.1, 0.15) is 43.9 Å². The van der Waals surface area contributed by atoms with Crippen LogP contribution in [-0.4, -0.2) is 16.5 Å². The maximum atomic E-state index is 5.82. The molecule has 0 amide bonds. The van der Waals surface area contributed by atoms with Gasteiger partial charge in [0.1, 0.15) is 5.82 Å². The Morgan fingerprint density at radius 3 is 2.56 bits per heavy atom. The largest absolute Gasteiger partial charge is 0.370 e. The fourth-order valence-electron chi connectivity index (χ4n) is 1.53. The number of halogens is 1. The fourth-order valence-corrected chi connectivity index (χ4v) is 1.74. The predicted molar refractivity (Wildman–Crippen MR) is 69.1 cm³/mol. The van der Waals surface area contributed by atoms with Crippen LogP contribution in [0.2, 0.25) is 5.28 Å². The number of nitrogens with zero attached hydrogens (tertiary/aromatic N) is 2. The molecule has 1 aromatic rings. The summed E-state index contributed by atoms with van der Waals surface area (Å²) in [6, 6.07) is 0. The van der Waals surface area contributed by atoms with Crippen LogP contribution in [0.5, 0.6) is 0 Å². The molecule has 0 aliphatic carbocycles. The van der Waals surface area contributed by atoms with Crippen LogP contribution in [0.4, 0.5) is 5.82 Å². The molecule has 0 fully saturated rings. The van der Waals surface area contributed by atoms with Crippen molar-refractivity contribution in [1.29, 1.82) is 0 Å². The van der Waals surface area contributed by atoms with E-state index in [9.17, 15) is 0 Å². The second-order valence-corrected chi connectivity index (χ2v) is 4.38. The van der Waals surface area contributed by atoms with E-state index in [1.54, 1.807) is 0 Å². The number of aromatic nitrogens is 2. The van der Waals surface area contributed by atoms with Crippen molar-refractivity contribution < 1.29 is 0 Å². The number of nitrogens with one attached hydrogen (secondary N) is 1. The predicted octanol–water partition coefficient (Wildman–Crippen LogP) is 3.74. The molecule has 1 rings (SSSR count). The third-order valence-electron chi connectivity index (χ3n) is 2.68. The summed E-state index contributed by atoms with van der Waals surface area (Å²) in [5, 5.41) is 3.64. The van der Waals surface area contributed by atoms with Gasteiger partial charge >= 0.3 is 0 Å². The molecular weight excluding hydrogens is 222 g/mol. The van der Waals surface area contributed by atoms with Crippen LogP contribution >= 0.6 is 11.6 Å². The molecule has 0 atom stereocenters. The Kier molecular flexibility index (Phi) is 5.53. The molecule has 1 heterocycles. The minimum atomic E-state index is 0.319. The highest BCUT2D eigenvalue weighted by Gasteiger charge is 2.05. The SMILES string of the molecule is CCCCCCNc1nc(Cl)nc(C)c1C. The molecule has 1 N–H and O–H groups in total. The first kappa shape index (κ1) is 13.2. The first-order valence-electron chi connectivity index (χ1n) is 5.89. The molecule has 1 aromatic heterocycles. The molecule has 0 saturated heterocycles. The van der Waals surface area contributed by atoms with Crippen molar-refractivity contribution in [2.75, 3.05) is 11.9 Å². The van der Waals surface area contributed by atoms with Crippen molar-refractivity contribution >= 4 is 17.4 Å². The summed E-state index contributed by atoms with van der Waals surface area (Å²) in [5.74, 6) is 0.869. The second kappa shape index (κ2) is 6.69. The molecule has 0 unspecified atom stereocenters. The van der Waals surface area contributed by atoms with Crippen molar-refractivity contribution in [3.05, 3.63) is 16.5 Å². The summed E-state index contributed by atoms with van der Waals surface area (Å²) in [4.78, 5) is 8.30. The maximum absolute atomic E-state index is 5.82. The molecule has 0 aliphatic heterocycles. The van der Waals surface area contributed by atoms with Crippen LogP contribution in [0.15, 0.2) is 0 Å². The Bertz CT molecular complexity index is 339. The van der Waals surface area contributed by atoms with Crippen LogP contribution in [0.25, 0.3) is 0 Å². The highest BCUT2D eigenvalue weighted by Crippen LogP contribution is 2.17. The van der Waals surface area contributed by atoms with Crippen molar-refractivity contribution in [2.45, 2.75) is 46.5 Å². The minimum absolute atomic E-state index is 0.319. The van der Waals surface area contributed by atoms with Gasteiger partial charge in [0.25, 0.3) is 0 Å². The Morgan fingerprint density at radius 1 is 1.12 bits per heavy atom. The van der Waals surface area contributed by atoms with Gasteiger partial charge in [0.2, 0.25) is 5.28 Å². The summed E-state index contributed by atoms with van der Waals surface area (Å²) in [6.45, 7) is 7.13. The Labute approximate surface area is 103 Å². The van der Waals surface area contributed by atoms with E-state index >= 15 is 0 Å². The van der Waals surface area contributed by atoms with E-state index in [0.29, 0.717) is 5.28 Å². The third kappa shape index (κ3) is 3.97. The number of rotatable bonds is 6. The van der Waals surface area contributed by atoms with Crippen LogP contribution < -0.4 is 5.32 Å². The average Bonchev–Trinajstić information content (AvgIpc) is 2.24. The summed E-state index contributed by atoms with van der Waals surface area (Å²) in [7, 11) is 0. The zero-order valence-corrected chi connectivity index (χ0v) is 11.1. The number of unbranched alkanes of at least 4 members (excludes halogenated alkanes) is 3. The summed E-state index contributed by atoms with van der Waals surface area (Å²) in [6.07, 6.45) is 5.00. The van der Waals surface area contributed by atoms with Crippen molar-refractivity contribution in [3.63, 3.8) is 0 Å².